The van der Waals surface area contributed by atoms with Gasteiger partial charge < -0.3 is 31.0 Å². The topological polar surface area (TPSA) is 172 Å². The van der Waals surface area contributed by atoms with Crippen molar-refractivity contribution in [2.24, 2.45) is 5.73 Å². The van der Waals surface area contributed by atoms with Crippen LogP contribution >= 0.6 is 0 Å². The molecule has 6 N–H and O–H groups in total. The number of phenolic OH excluding ortho intramolecular Hbond substituents is 1. The van der Waals surface area contributed by atoms with Crippen molar-refractivity contribution in [2.75, 3.05) is 6.54 Å². The predicted octanol–water partition coefficient (Wildman–Crippen LogP) is 0.676. The summed E-state index contributed by atoms with van der Waals surface area (Å²) in [5.74, 6) is -2.00. The van der Waals surface area contributed by atoms with Crippen LogP contribution in [0.5, 0.6) is 5.75 Å². The molecule has 3 amide bonds. The summed E-state index contributed by atoms with van der Waals surface area (Å²) in [4.78, 5) is 46.6. The number of carboxylic acids is 1. The largest absolute Gasteiger partial charge is 0.507 e. The van der Waals surface area contributed by atoms with Crippen LogP contribution in [0.2, 0.25) is 0 Å². The van der Waals surface area contributed by atoms with E-state index in [0.717, 1.165) is 0 Å². The molecule has 10 nitrogen and oxygen atoms in total. The van der Waals surface area contributed by atoms with E-state index in [-0.39, 0.29) is 36.3 Å². The van der Waals surface area contributed by atoms with Crippen molar-refractivity contribution in [1.82, 2.24) is 10.6 Å². The van der Waals surface area contributed by atoms with Crippen LogP contribution in [-0.4, -0.2) is 40.7 Å². The summed E-state index contributed by atoms with van der Waals surface area (Å²) in [6.07, 6.45) is -0.0575. The van der Waals surface area contributed by atoms with Gasteiger partial charge in [0.25, 0.3) is 0 Å². The minimum Gasteiger partial charge on any atom is -0.507 e. The maximum Gasteiger partial charge on any atom is 0.340 e. The molecule has 0 aliphatic rings. The molecule has 0 spiro atoms. The molecule has 0 aliphatic carbocycles. The van der Waals surface area contributed by atoms with Crippen LogP contribution in [0.15, 0.2) is 21.3 Å². The highest BCUT2D eigenvalue weighted by molar-refractivity contribution is 5.90. The molecule has 0 saturated carbocycles. The predicted molar refractivity (Wildman–Crippen MR) is 104 cm³/mol. The lowest BCUT2D eigenvalue weighted by molar-refractivity contribution is -0.141. The van der Waals surface area contributed by atoms with Crippen molar-refractivity contribution >= 4 is 28.9 Å². The van der Waals surface area contributed by atoms with Crippen molar-refractivity contribution in [2.45, 2.75) is 39.2 Å². The number of carbonyl (C=O) groups excluding carboxylic acids is 2. The maximum atomic E-state index is 12.3. The van der Waals surface area contributed by atoms with Crippen molar-refractivity contribution in [3.05, 3.63) is 39.2 Å². The average Bonchev–Trinajstić information content (AvgIpc) is 2.59. The van der Waals surface area contributed by atoms with Gasteiger partial charge in [0, 0.05) is 6.54 Å². The standard InChI is InChI=1S/C19H23N3O7/c1-9-6-13(23)16-10(2)11(18(27)29-14(16)7-9)8-15(24)22-12(17(25)26)4-3-5-21-19(20)28/h6-7,12,23H,3-5,8H2,1-2H3,(H,22,24)(H,25,26)(H3,20,21,28)/t12-/m0/s1. The third kappa shape index (κ3) is 5.47. The second kappa shape index (κ2) is 9.09. The van der Waals surface area contributed by atoms with E-state index in [1.54, 1.807) is 19.9 Å². The molecule has 1 heterocycles. The Bertz CT molecular complexity index is 1010. The van der Waals surface area contributed by atoms with E-state index in [4.69, 9.17) is 10.2 Å². The summed E-state index contributed by atoms with van der Waals surface area (Å²) in [5.41, 5.74) is 5.54. The number of phenols is 1. The van der Waals surface area contributed by atoms with Crippen molar-refractivity contribution in [1.29, 1.82) is 0 Å². The Labute approximate surface area is 165 Å². The van der Waals surface area contributed by atoms with Gasteiger partial charge in [0.2, 0.25) is 5.91 Å². The number of aromatic hydroxyl groups is 1. The highest BCUT2D eigenvalue weighted by atomic mass is 16.4. The van der Waals surface area contributed by atoms with Crippen LogP contribution in [0.25, 0.3) is 11.0 Å². The van der Waals surface area contributed by atoms with Gasteiger partial charge in [-0.05, 0) is 49.9 Å². The average molecular weight is 405 g/mol. The Morgan fingerprint density at radius 3 is 2.55 bits per heavy atom. The highest BCUT2D eigenvalue weighted by Crippen LogP contribution is 2.29. The zero-order valence-corrected chi connectivity index (χ0v) is 16.1. The molecule has 10 heteroatoms. The first-order valence-corrected chi connectivity index (χ1v) is 8.91. The molecule has 1 aromatic heterocycles. The summed E-state index contributed by atoms with van der Waals surface area (Å²) < 4.78 is 5.23. The number of hydrogen-bond acceptors (Lipinski definition) is 6. The lowest BCUT2D eigenvalue weighted by Crippen LogP contribution is -2.42. The van der Waals surface area contributed by atoms with Crippen LogP contribution in [0.4, 0.5) is 4.79 Å². The highest BCUT2D eigenvalue weighted by Gasteiger charge is 2.22. The molecule has 0 aliphatic heterocycles. The normalized spacial score (nSPS) is 11.8. The van der Waals surface area contributed by atoms with Crippen LogP contribution in [0, 0.1) is 13.8 Å². The number of carbonyl (C=O) groups is 3. The van der Waals surface area contributed by atoms with E-state index in [0.29, 0.717) is 16.5 Å². The monoisotopic (exact) mass is 405 g/mol. The fraction of sp³-hybridized carbons (Fsp3) is 0.368. The molecule has 0 bridgehead atoms. The van der Waals surface area contributed by atoms with Gasteiger partial charge in [0.05, 0.1) is 17.4 Å². The quantitative estimate of drug-likeness (QED) is 0.317. The van der Waals surface area contributed by atoms with Crippen molar-refractivity contribution in [3.8, 4) is 5.75 Å². The Kier molecular flexibility index (Phi) is 6.81. The third-order valence-electron chi connectivity index (χ3n) is 4.44. The number of fused-ring (bicyclic) bond motifs is 1. The minimum absolute atomic E-state index is 0.0358. The Morgan fingerprint density at radius 1 is 1.24 bits per heavy atom. The van der Waals surface area contributed by atoms with E-state index in [9.17, 15) is 29.4 Å². The van der Waals surface area contributed by atoms with Gasteiger partial charge in [-0.15, -0.1) is 0 Å². The SMILES string of the molecule is Cc1cc(O)c2c(C)c(CC(=O)N[C@@H](CCCNC(N)=O)C(=O)O)c(=O)oc2c1. The molecule has 156 valence electrons. The molecule has 1 aromatic carbocycles. The van der Waals surface area contributed by atoms with E-state index in [2.05, 4.69) is 10.6 Å². The fourth-order valence-electron chi connectivity index (χ4n) is 3.04. The Balaban J connectivity index is 2.16. The van der Waals surface area contributed by atoms with Crippen LogP contribution in [0.1, 0.15) is 29.5 Å². The minimum atomic E-state index is -1.24. The summed E-state index contributed by atoms with van der Waals surface area (Å²) in [5, 5.41) is 24.5. The summed E-state index contributed by atoms with van der Waals surface area (Å²) >= 11 is 0. The summed E-state index contributed by atoms with van der Waals surface area (Å²) in [7, 11) is 0. The summed E-state index contributed by atoms with van der Waals surface area (Å²) in [6, 6.07) is 1.20. The van der Waals surface area contributed by atoms with Gasteiger partial charge in [0.15, 0.2) is 0 Å². The molecule has 2 aromatic rings. The lowest BCUT2D eigenvalue weighted by atomic mass is 10.0. The number of benzene rings is 1. The lowest BCUT2D eigenvalue weighted by Gasteiger charge is -2.15. The van der Waals surface area contributed by atoms with Gasteiger partial charge in [0.1, 0.15) is 17.4 Å². The molecule has 0 radical (unpaired) electrons. The number of amides is 3. The first-order chi connectivity index (χ1) is 13.6. The van der Waals surface area contributed by atoms with Gasteiger partial charge in [-0.25, -0.2) is 14.4 Å². The molecule has 2 rings (SSSR count). The third-order valence-corrected chi connectivity index (χ3v) is 4.44. The molecule has 1 atom stereocenters. The second-order valence-electron chi connectivity index (χ2n) is 6.72. The number of aryl methyl sites for hydroxylation is 2. The van der Waals surface area contributed by atoms with Gasteiger partial charge in [-0.2, -0.15) is 0 Å². The van der Waals surface area contributed by atoms with E-state index in [1.807, 2.05) is 0 Å². The van der Waals surface area contributed by atoms with Crippen LogP contribution in [-0.2, 0) is 16.0 Å². The zero-order chi connectivity index (χ0) is 21.7. The van der Waals surface area contributed by atoms with Crippen molar-refractivity contribution < 1.29 is 29.0 Å². The first kappa shape index (κ1) is 21.7. The number of primary amides is 1. The molecular weight excluding hydrogens is 382 g/mol. The zero-order valence-electron chi connectivity index (χ0n) is 16.1. The number of nitrogens with two attached hydrogens (primary N) is 1. The van der Waals surface area contributed by atoms with Crippen molar-refractivity contribution in [3.63, 3.8) is 0 Å². The van der Waals surface area contributed by atoms with E-state index < -0.39 is 36.0 Å². The van der Waals surface area contributed by atoms with E-state index >= 15 is 0 Å². The first-order valence-electron chi connectivity index (χ1n) is 8.91. The van der Waals surface area contributed by atoms with Crippen LogP contribution in [0.3, 0.4) is 0 Å². The fourth-order valence-corrected chi connectivity index (χ4v) is 3.04. The molecule has 29 heavy (non-hydrogen) atoms. The smallest absolute Gasteiger partial charge is 0.340 e. The number of aliphatic carboxylic acids is 1. The maximum absolute atomic E-state index is 12.3. The Hall–Kier alpha value is -3.56. The number of hydrogen-bond donors (Lipinski definition) is 5. The number of urea groups is 1. The second-order valence-corrected chi connectivity index (χ2v) is 6.72. The van der Waals surface area contributed by atoms with Gasteiger partial charge >= 0.3 is 17.6 Å². The molecular formula is C19H23N3O7. The van der Waals surface area contributed by atoms with E-state index in [1.165, 1.54) is 6.07 Å². The summed E-state index contributed by atoms with van der Waals surface area (Å²) in [6.45, 7) is 3.49. The molecule has 0 saturated heterocycles. The number of nitrogens with one attached hydrogen (secondary N) is 2. The van der Waals surface area contributed by atoms with Gasteiger partial charge in [-0.3, -0.25) is 4.79 Å². The van der Waals surface area contributed by atoms with Crippen LogP contribution < -0.4 is 22.0 Å². The number of rotatable bonds is 8. The van der Waals surface area contributed by atoms with Gasteiger partial charge in [-0.1, -0.05) is 0 Å². The molecule has 0 fully saturated rings. The molecule has 0 unspecified atom stereocenters. The number of carboxylic acid groups (broad SMARTS) is 1. The Morgan fingerprint density at radius 2 is 1.93 bits per heavy atom.